The third-order valence-corrected chi connectivity index (χ3v) is 5.34. The van der Waals surface area contributed by atoms with Gasteiger partial charge in [-0.15, -0.1) is 0 Å². The highest BCUT2D eigenvalue weighted by Crippen LogP contribution is 2.18. The van der Waals surface area contributed by atoms with E-state index in [1.54, 1.807) is 42.5 Å². The van der Waals surface area contributed by atoms with E-state index in [4.69, 9.17) is 16.3 Å². The zero-order valence-corrected chi connectivity index (χ0v) is 18.1. The molecule has 1 N–H and O–H groups in total. The molecule has 1 aliphatic rings. The molecule has 0 aliphatic carbocycles. The topological polar surface area (TPSA) is 75.7 Å². The third-order valence-electron chi connectivity index (χ3n) is 5.10. The third kappa shape index (κ3) is 6.96. The van der Waals surface area contributed by atoms with Crippen LogP contribution in [0.5, 0.6) is 5.75 Å². The molecule has 6 nitrogen and oxygen atoms in total. The second-order valence-electron chi connectivity index (χ2n) is 7.49. The van der Waals surface area contributed by atoms with Gasteiger partial charge >= 0.3 is 5.97 Å². The highest BCUT2D eigenvalue weighted by Gasteiger charge is 2.22. The predicted molar refractivity (Wildman–Crippen MR) is 120 cm³/mol. The van der Waals surface area contributed by atoms with Crippen LogP contribution in [0.3, 0.4) is 0 Å². The fourth-order valence-corrected chi connectivity index (χ4v) is 3.65. The lowest BCUT2D eigenvalue weighted by Gasteiger charge is -2.31. The van der Waals surface area contributed by atoms with Gasteiger partial charge in [0.25, 0.3) is 5.91 Å². The minimum atomic E-state index is -0.429. The Morgan fingerprint density at radius 3 is 2.58 bits per heavy atom. The quantitative estimate of drug-likeness (QED) is 0.419. The summed E-state index contributed by atoms with van der Waals surface area (Å²) in [4.78, 5) is 37.7. The van der Waals surface area contributed by atoms with Gasteiger partial charge in [-0.25, -0.2) is 0 Å². The van der Waals surface area contributed by atoms with Gasteiger partial charge in [0.05, 0.1) is 0 Å². The summed E-state index contributed by atoms with van der Waals surface area (Å²) in [5.74, 6) is -0.0117. The van der Waals surface area contributed by atoms with Crippen molar-refractivity contribution in [2.45, 2.75) is 19.8 Å². The SMILES string of the molecule is CC(=O)Oc1cccc(C(=O)NCC2CCN(C(=O)/C=C/c3cccc(Cl)c3)CC2)c1. The molecular formula is C24H25ClN2O4. The Labute approximate surface area is 186 Å². The van der Waals surface area contributed by atoms with E-state index >= 15 is 0 Å². The maximum absolute atomic E-state index is 12.4. The molecule has 2 aromatic carbocycles. The summed E-state index contributed by atoms with van der Waals surface area (Å²) in [5, 5.41) is 3.57. The normalized spacial score (nSPS) is 14.5. The Hall–Kier alpha value is -3.12. The molecule has 0 saturated carbocycles. The zero-order valence-electron chi connectivity index (χ0n) is 17.3. The first kappa shape index (κ1) is 22.6. The van der Waals surface area contributed by atoms with Gasteiger partial charge in [-0.1, -0.05) is 29.8 Å². The highest BCUT2D eigenvalue weighted by molar-refractivity contribution is 6.30. The molecule has 1 heterocycles. The van der Waals surface area contributed by atoms with Crippen molar-refractivity contribution in [2.75, 3.05) is 19.6 Å². The van der Waals surface area contributed by atoms with Crippen molar-refractivity contribution in [1.82, 2.24) is 10.2 Å². The molecule has 2 amide bonds. The fourth-order valence-electron chi connectivity index (χ4n) is 3.45. The number of halogens is 1. The molecule has 0 radical (unpaired) electrons. The van der Waals surface area contributed by atoms with E-state index in [9.17, 15) is 14.4 Å². The lowest BCUT2D eigenvalue weighted by Crippen LogP contribution is -2.41. The van der Waals surface area contributed by atoms with Gasteiger partial charge in [0.1, 0.15) is 5.75 Å². The summed E-state index contributed by atoms with van der Waals surface area (Å²) in [5.41, 5.74) is 1.33. The Balaban J connectivity index is 1.44. The standard InChI is InChI=1S/C24H25ClN2O4/c1-17(28)31-22-7-3-5-20(15-22)24(30)26-16-19-10-12-27(13-11-19)23(29)9-8-18-4-2-6-21(25)14-18/h2-9,14-15,19H,10-13,16H2,1H3,(H,26,30)/b9-8+. The van der Waals surface area contributed by atoms with Gasteiger partial charge in [0, 0.05) is 43.2 Å². The minimum Gasteiger partial charge on any atom is -0.427 e. The van der Waals surface area contributed by atoms with E-state index in [-0.39, 0.29) is 11.8 Å². The number of hydrogen-bond donors (Lipinski definition) is 1. The van der Waals surface area contributed by atoms with Crippen molar-refractivity contribution in [3.63, 3.8) is 0 Å². The molecule has 162 valence electrons. The van der Waals surface area contributed by atoms with Gasteiger partial charge in [-0.05, 0) is 60.7 Å². The van der Waals surface area contributed by atoms with Crippen LogP contribution in [-0.2, 0) is 9.59 Å². The first-order valence-electron chi connectivity index (χ1n) is 10.2. The van der Waals surface area contributed by atoms with E-state index < -0.39 is 5.97 Å². The Morgan fingerprint density at radius 2 is 1.87 bits per heavy atom. The van der Waals surface area contributed by atoms with Crippen molar-refractivity contribution in [3.05, 3.63) is 70.8 Å². The van der Waals surface area contributed by atoms with Gasteiger partial charge in [-0.3, -0.25) is 14.4 Å². The van der Waals surface area contributed by atoms with E-state index in [1.807, 2.05) is 23.1 Å². The zero-order chi connectivity index (χ0) is 22.2. The summed E-state index contributed by atoms with van der Waals surface area (Å²) < 4.78 is 5.02. The number of carbonyl (C=O) groups excluding carboxylic acids is 3. The predicted octanol–water partition coefficient (Wildman–Crippen LogP) is 3.95. The molecule has 0 unspecified atom stereocenters. The maximum atomic E-state index is 12.4. The highest BCUT2D eigenvalue weighted by atomic mass is 35.5. The number of nitrogens with one attached hydrogen (secondary N) is 1. The first-order valence-corrected chi connectivity index (χ1v) is 10.6. The fraction of sp³-hybridized carbons (Fsp3) is 0.292. The largest absolute Gasteiger partial charge is 0.427 e. The summed E-state index contributed by atoms with van der Waals surface area (Å²) >= 11 is 5.96. The average Bonchev–Trinajstić information content (AvgIpc) is 2.76. The average molecular weight is 441 g/mol. The van der Waals surface area contributed by atoms with Crippen LogP contribution in [0, 0.1) is 5.92 Å². The molecule has 31 heavy (non-hydrogen) atoms. The maximum Gasteiger partial charge on any atom is 0.308 e. The van der Waals surface area contributed by atoms with Gasteiger partial charge in [-0.2, -0.15) is 0 Å². The molecule has 1 saturated heterocycles. The van der Waals surface area contributed by atoms with E-state index in [0.717, 1.165) is 18.4 Å². The van der Waals surface area contributed by atoms with Crippen LogP contribution in [0.4, 0.5) is 0 Å². The van der Waals surface area contributed by atoms with Gasteiger partial charge in [0.15, 0.2) is 0 Å². The summed E-state index contributed by atoms with van der Waals surface area (Å²) in [6, 6.07) is 13.9. The summed E-state index contributed by atoms with van der Waals surface area (Å²) in [7, 11) is 0. The van der Waals surface area contributed by atoms with Crippen LogP contribution >= 0.6 is 11.6 Å². The number of carbonyl (C=O) groups is 3. The van der Waals surface area contributed by atoms with Crippen LogP contribution in [0.25, 0.3) is 6.08 Å². The Bertz CT molecular complexity index is 981. The second kappa shape index (κ2) is 10.8. The summed E-state index contributed by atoms with van der Waals surface area (Å²) in [6.07, 6.45) is 4.99. The number of esters is 1. The van der Waals surface area contributed by atoms with Crippen LogP contribution in [0.1, 0.15) is 35.7 Å². The number of benzene rings is 2. The monoisotopic (exact) mass is 440 g/mol. The number of ether oxygens (including phenoxy) is 1. The number of amides is 2. The minimum absolute atomic E-state index is 0.0234. The Kier molecular flexibility index (Phi) is 7.84. The molecule has 1 fully saturated rings. The van der Waals surface area contributed by atoms with Crippen molar-refractivity contribution >= 4 is 35.5 Å². The summed E-state index contributed by atoms with van der Waals surface area (Å²) in [6.45, 7) is 3.16. The van der Waals surface area contributed by atoms with Crippen LogP contribution in [0.15, 0.2) is 54.6 Å². The van der Waals surface area contributed by atoms with Crippen LogP contribution in [-0.4, -0.2) is 42.3 Å². The Morgan fingerprint density at radius 1 is 1.13 bits per heavy atom. The van der Waals surface area contributed by atoms with E-state index in [1.165, 1.54) is 6.92 Å². The lowest BCUT2D eigenvalue weighted by molar-refractivity contribution is -0.132. The van der Waals surface area contributed by atoms with Crippen LogP contribution < -0.4 is 10.1 Å². The molecular weight excluding hydrogens is 416 g/mol. The van der Waals surface area contributed by atoms with Crippen molar-refractivity contribution < 1.29 is 19.1 Å². The van der Waals surface area contributed by atoms with E-state index in [0.29, 0.717) is 41.9 Å². The smallest absolute Gasteiger partial charge is 0.308 e. The van der Waals surface area contributed by atoms with Gasteiger partial charge in [0.2, 0.25) is 5.91 Å². The van der Waals surface area contributed by atoms with E-state index in [2.05, 4.69) is 5.32 Å². The second-order valence-corrected chi connectivity index (χ2v) is 7.92. The lowest BCUT2D eigenvalue weighted by atomic mass is 9.96. The van der Waals surface area contributed by atoms with Crippen molar-refractivity contribution in [3.8, 4) is 5.75 Å². The number of nitrogens with zero attached hydrogens (tertiary/aromatic N) is 1. The number of likely N-dealkylation sites (tertiary alicyclic amines) is 1. The molecule has 2 aromatic rings. The number of rotatable bonds is 6. The first-order chi connectivity index (χ1) is 14.9. The molecule has 0 atom stereocenters. The molecule has 0 bridgehead atoms. The molecule has 0 spiro atoms. The van der Waals surface area contributed by atoms with Crippen molar-refractivity contribution in [2.24, 2.45) is 5.92 Å². The van der Waals surface area contributed by atoms with Gasteiger partial charge < -0.3 is 15.0 Å². The molecule has 1 aliphatic heterocycles. The van der Waals surface area contributed by atoms with Crippen LogP contribution in [0.2, 0.25) is 5.02 Å². The molecule has 7 heteroatoms. The molecule has 0 aromatic heterocycles. The van der Waals surface area contributed by atoms with Crippen molar-refractivity contribution in [1.29, 1.82) is 0 Å². The number of hydrogen-bond acceptors (Lipinski definition) is 4. The number of piperidine rings is 1. The molecule has 3 rings (SSSR count).